The van der Waals surface area contributed by atoms with Crippen molar-refractivity contribution < 1.29 is 4.79 Å². The van der Waals surface area contributed by atoms with E-state index in [1.165, 1.54) is 0 Å². The zero-order chi connectivity index (χ0) is 11.8. The number of hydrogen-bond acceptors (Lipinski definition) is 2. The topological polar surface area (TPSA) is 42.0 Å². The highest BCUT2D eigenvalue weighted by atomic mass is 16.1. The maximum atomic E-state index is 10.9. The zero-order valence-corrected chi connectivity index (χ0v) is 10.2. The first-order chi connectivity index (χ1) is 7.27. The molecule has 0 fully saturated rings. The number of carbonyl (C=O) groups excluding carboxylic acids is 1. The van der Waals surface area contributed by atoms with Gasteiger partial charge in [0.15, 0.2) is 0 Å². The summed E-state index contributed by atoms with van der Waals surface area (Å²) < 4.78 is 0. The van der Waals surface area contributed by atoms with Crippen LogP contribution in [0.15, 0.2) is 12.4 Å². The Bertz CT molecular complexity index is 321. The summed E-state index contributed by atoms with van der Waals surface area (Å²) in [6.07, 6.45) is 3.97. The number of pyridine rings is 1. The summed E-state index contributed by atoms with van der Waals surface area (Å²) in [4.78, 5) is 14.9. The Balaban J connectivity index is 0.000000442. The van der Waals surface area contributed by atoms with Crippen molar-refractivity contribution >= 4 is 11.6 Å². The van der Waals surface area contributed by atoms with Gasteiger partial charge in [0.05, 0.1) is 12.1 Å². The molecule has 0 unspecified atom stereocenters. The number of anilines is 1. The van der Waals surface area contributed by atoms with Crippen molar-refractivity contribution in [3.05, 3.63) is 23.5 Å². The van der Waals surface area contributed by atoms with Gasteiger partial charge in [-0.05, 0) is 12.5 Å². The minimum Gasteiger partial charge on any atom is -0.325 e. The van der Waals surface area contributed by atoms with Crippen molar-refractivity contribution in [1.29, 1.82) is 0 Å². The number of nitrogens with zero attached hydrogens (tertiary/aromatic N) is 1. The van der Waals surface area contributed by atoms with Crippen LogP contribution in [0.5, 0.6) is 0 Å². The molecule has 15 heavy (non-hydrogen) atoms. The first kappa shape index (κ1) is 13.6. The molecule has 1 aliphatic heterocycles. The molecule has 0 spiro atoms. The highest BCUT2D eigenvalue weighted by molar-refractivity contribution is 5.99. The normalized spacial score (nSPS) is 11.4. The Hall–Kier alpha value is -1.38. The molecular formula is C12H20N2O. The molecule has 2 rings (SSSR count). The first-order valence-corrected chi connectivity index (χ1v) is 5.50. The van der Waals surface area contributed by atoms with Crippen molar-refractivity contribution in [1.82, 2.24) is 4.98 Å². The molecule has 3 heteroatoms. The lowest BCUT2D eigenvalue weighted by molar-refractivity contribution is -0.115. The second-order valence-corrected chi connectivity index (χ2v) is 2.72. The van der Waals surface area contributed by atoms with Crippen molar-refractivity contribution in [2.45, 2.75) is 41.0 Å². The molecule has 0 bridgehead atoms. The molecule has 0 saturated heterocycles. The largest absolute Gasteiger partial charge is 0.325 e. The van der Waals surface area contributed by atoms with Crippen LogP contribution in [0.3, 0.4) is 0 Å². The average molecular weight is 208 g/mol. The van der Waals surface area contributed by atoms with Gasteiger partial charge >= 0.3 is 0 Å². The van der Waals surface area contributed by atoms with Crippen LogP contribution in [-0.2, 0) is 11.2 Å². The summed E-state index contributed by atoms with van der Waals surface area (Å²) in [5.41, 5.74) is 2.99. The Labute approximate surface area is 91.9 Å². The maximum Gasteiger partial charge on any atom is 0.228 e. The first-order valence-electron chi connectivity index (χ1n) is 5.50. The summed E-state index contributed by atoms with van der Waals surface area (Å²) in [5, 5.41) is 2.79. The van der Waals surface area contributed by atoms with Gasteiger partial charge in [0.2, 0.25) is 5.91 Å². The number of aryl methyl sites for hydroxylation is 1. The third-order valence-corrected chi connectivity index (χ3v) is 1.83. The van der Waals surface area contributed by atoms with E-state index in [1.807, 2.05) is 34.6 Å². The lowest BCUT2D eigenvalue weighted by Crippen LogP contribution is -2.04. The van der Waals surface area contributed by atoms with E-state index in [4.69, 9.17) is 0 Å². The molecule has 0 atom stereocenters. The van der Waals surface area contributed by atoms with E-state index in [1.54, 1.807) is 12.4 Å². The van der Waals surface area contributed by atoms with E-state index in [0.717, 1.165) is 16.8 Å². The standard InChI is InChI=1S/C8H8N2O.2C2H6/c1-5-3-9-4-6-2-7(11)10-8(5)6;2*1-2/h3-4H,2H2,1H3,(H,10,11);2*1-2H3. The zero-order valence-electron chi connectivity index (χ0n) is 10.2. The number of carbonyl (C=O) groups is 1. The molecule has 3 nitrogen and oxygen atoms in total. The second kappa shape index (κ2) is 6.98. The monoisotopic (exact) mass is 208 g/mol. The van der Waals surface area contributed by atoms with Crippen LogP contribution in [0, 0.1) is 6.92 Å². The van der Waals surface area contributed by atoms with Crippen molar-refractivity contribution in [2.75, 3.05) is 5.32 Å². The van der Waals surface area contributed by atoms with Gasteiger partial charge in [-0.25, -0.2) is 0 Å². The highest BCUT2D eigenvalue weighted by Gasteiger charge is 2.18. The molecule has 2 heterocycles. The molecule has 0 saturated carbocycles. The van der Waals surface area contributed by atoms with E-state index in [-0.39, 0.29) is 5.91 Å². The second-order valence-electron chi connectivity index (χ2n) is 2.72. The van der Waals surface area contributed by atoms with Gasteiger partial charge in [-0.15, -0.1) is 0 Å². The fourth-order valence-electron chi connectivity index (χ4n) is 1.29. The quantitative estimate of drug-likeness (QED) is 0.712. The van der Waals surface area contributed by atoms with Crippen LogP contribution in [-0.4, -0.2) is 10.9 Å². The summed E-state index contributed by atoms with van der Waals surface area (Å²) >= 11 is 0. The molecule has 0 aromatic carbocycles. The number of nitrogens with one attached hydrogen (secondary N) is 1. The Morgan fingerprint density at radius 2 is 1.80 bits per heavy atom. The number of amides is 1. The lowest BCUT2D eigenvalue weighted by Gasteiger charge is -1.99. The average Bonchev–Trinajstić information content (AvgIpc) is 2.66. The fraction of sp³-hybridized carbons (Fsp3) is 0.500. The molecule has 1 N–H and O–H groups in total. The summed E-state index contributed by atoms with van der Waals surface area (Å²) in [7, 11) is 0. The lowest BCUT2D eigenvalue weighted by atomic mass is 10.2. The van der Waals surface area contributed by atoms with E-state index >= 15 is 0 Å². The minimum atomic E-state index is 0.0658. The summed E-state index contributed by atoms with van der Waals surface area (Å²) in [6.45, 7) is 9.94. The molecule has 84 valence electrons. The van der Waals surface area contributed by atoms with Gasteiger partial charge in [0.1, 0.15) is 0 Å². The number of rotatable bonds is 0. The van der Waals surface area contributed by atoms with E-state index in [9.17, 15) is 4.79 Å². The summed E-state index contributed by atoms with van der Waals surface area (Å²) in [6, 6.07) is 0. The molecule has 1 aromatic rings. The molecule has 1 aromatic heterocycles. The highest BCUT2D eigenvalue weighted by Crippen LogP contribution is 2.24. The van der Waals surface area contributed by atoms with Gasteiger partial charge in [0.25, 0.3) is 0 Å². The van der Waals surface area contributed by atoms with Crippen molar-refractivity contribution in [2.24, 2.45) is 0 Å². The van der Waals surface area contributed by atoms with Gasteiger partial charge in [-0.1, -0.05) is 27.7 Å². The van der Waals surface area contributed by atoms with Crippen molar-refractivity contribution in [3.8, 4) is 0 Å². The minimum absolute atomic E-state index is 0.0658. The Morgan fingerprint density at radius 1 is 1.20 bits per heavy atom. The SMILES string of the molecule is CC.CC.Cc1cncc2c1NC(=O)C2. The summed E-state index contributed by atoms with van der Waals surface area (Å²) in [5.74, 6) is 0.0658. The smallest absolute Gasteiger partial charge is 0.228 e. The molecule has 1 aliphatic rings. The van der Waals surface area contributed by atoms with Gasteiger partial charge in [-0.3, -0.25) is 9.78 Å². The molecule has 0 radical (unpaired) electrons. The number of aromatic nitrogens is 1. The Kier molecular flexibility index (Phi) is 6.34. The van der Waals surface area contributed by atoms with Gasteiger partial charge in [0, 0.05) is 18.0 Å². The fourth-order valence-corrected chi connectivity index (χ4v) is 1.29. The van der Waals surface area contributed by atoms with Crippen molar-refractivity contribution in [3.63, 3.8) is 0 Å². The predicted molar refractivity (Wildman–Crippen MR) is 64.0 cm³/mol. The molecule has 0 aliphatic carbocycles. The van der Waals surface area contributed by atoms with Gasteiger partial charge < -0.3 is 5.32 Å². The third kappa shape index (κ3) is 3.35. The van der Waals surface area contributed by atoms with Crippen LogP contribution < -0.4 is 5.32 Å². The van der Waals surface area contributed by atoms with Crippen LogP contribution in [0.1, 0.15) is 38.8 Å². The van der Waals surface area contributed by atoms with Crippen LogP contribution in [0.2, 0.25) is 0 Å². The van der Waals surface area contributed by atoms with E-state index < -0.39 is 0 Å². The molecule has 1 amide bonds. The van der Waals surface area contributed by atoms with E-state index in [2.05, 4.69) is 10.3 Å². The maximum absolute atomic E-state index is 10.9. The van der Waals surface area contributed by atoms with E-state index in [0.29, 0.717) is 6.42 Å². The van der Waals surface area contributed by atoms with Gasteiger partial charge in [-0.2, -0.15) is 0 Å². The number of fused-ring (bicyclic) bond motifs is 1. The third-order valence-electron chi connectivity index (χ3n) is 1.83. The predicted octanol–water partition coefficient (Wildman–Crippen LogP) is 2.94. The Morgan fingerprint density at radius 3 is 2.33 bits per heavy atom. The van der Waals surface area contributed by atoms with Crippen LogP contribution in [0.4, 0.5) is 5.69 Å². The van der Waals surface area contributed by atoms with Crippen LogP contribution in [0.25, 0.3) is 0 Å². The van der Waals surface area contributed by atoms with Crippen LogP contribution >= 0.6 is 0 Å². The molecular weight excluding hydrogens is 188 g/mol. The number of hydrogen-bond donors (Lipinski definition) is 1.